The Morgan fingerprint density at radius 3 is 3.36 bits per heavy atom. The van der Waals surface area contributed by atoms with E-state index in [9.17, 15) is 0 Å². The van der Waals surface area contributed by atoms with Crippen molar-refractivity contribution in [3.05, 3.63) is 5.82 Å². The van der Waals surface area contributed by atoms with Gasteiger partial charge in [0.25, 0.3) is 0 Å². The summed E-state index contributed by atoms with van der Waals surface area (Å²) in [7, 11) is 0. The summed E-state index contributed by atoms with van der Waals surface area (Å²) in [6.07, 6.45) is 1.88. The van der Waals surface area contributed by atoms with Gasteiger partial charge in [-0.3, -0.25) is 0 Å². The number of aryl methyl sites for hydroxylation is 1. The molecule has 5 nitrogen and oxygen atoms in total. The molecule has 0 amide bonds. The quantitative estimate of drug-likeness (QED) is 0.523. The zero-order valence-corrected chi connectivity index (χ0v) is 5.93. The largest absolute Gasteiger partial charge is 0.228 e. The van der Waals surface area contributed by atoms with E-state index in [2.05, 4.69) is 21.6 Å². The molecule has 0 radical (unpaired) electrons. The maximum atomic E-state index is 8.70. The molecule has 1 unspecified atom stereocenters. The van der Waals surface area contributed by atoms with Crippen molar-refractivity contribution in [2.75, 3.05) is 0 Å². The molecular weight excluding hydrogens is 142 g/mol. The Bertz CT molecular complexity index is 296. The first-order valence-corrected chi connectivity index (χ1v) is 3.57. The second-order valence-corrected chi connectivity index (χ2v) is 2.58. The first kappa shape index (κ1) is 6.28. The molecule has 0 fully saturated rings. The summed E-state index contributed by atoms with van der Waals surface area (Å²) in [5, 5.41) is 19.8. The molecule has 0 saturated carbocycles. The summed E-state index contributed by atoms with van der Waals surface area (Å²) < 4.78 is 1.71. The van der Waals surface area contributed by atoms with Gasteiger partial charge in [-0.05, 0) is 23.3 Å². The second kappa shape index (κ2) is 2.31. The highest BCUT2D eigenvalue weighted by Crippen LogP contribution is 2.22. The normalized spacial score (nSPS) is 22.3. The van der Waals surface area contributed by atoms with Gasteiger partial charge in [-0.1, -0.05) is 0 Å². The number of fused-ring (bicyclic) bond motifs is 1. The number of aromatic nitrogens is 4. The third kappa shape index (κ3) is 0.871. The molecule has 0 bridgehead atoms. The highest BCUT2D eigenvalue weighted by Gasteiger charge is 2.22. The predicted molar refractivity (Wildman–Crippen MR) is 35.4 cm³/mol. The van der Waals surface area contributed by atoms with Crippen molar-refractivity contribution in [2.45, 2.75) is 25.3 Å². The Labute approximate surface area is 63.6 Å². The van der Waals surface area contributed by atoms with Crippen molar-refractivity contribution >= 4 is 0 Å². The minimum Gasteiger partial charge on any atom is -0.228 e. The van der Waals surface area contributed by atoms with Gasteiger partial charge in [-0.2, -0.15) is 5.26 Å². The van der Waals surface area contributed by atoms with E-state index in [4.69, 9.17) is 5.26 Å². The van der Waals surface area contributed by atoms with Crippen LogP contribution in [0.15, 0.2) is 0 Å². The van der Waals surface area contributed by atoms with Gasteiger partial charge in [0.05, 0.1) is 6.07 Å². The molecular formula is C6H7N5. The standard InChI is InChI=1S/C6H7N5/c7-4-5-2-1-3-11-6(5)8-9-10-11/h5H,1-3H2. The third-order valence-corrected chi connectivity index (χ3v) is 1.89. The molecule has 1 aliphatic heterocycles. The Balaban J connectivity index is 2.41. The van der Waals surface area contributed by atoms with E-state index in [1.165, 1.54) is 0 Å². The van der Waals surface area contributed by atoms with Gasteiger partial charge in [0.2, 0.25) is 0 Å². The van der Waals surface area contributed by atoms with Crippen LogP contribution in [0.2, 0.25) is 0 Å². The van der Waals surface area contributed by atoms with E-state index >= 15 is 0 Å². The molecule has 5 heteroatoms. The first-order chi connectivity index (χ1) is 5.42. The van der Waals surface area contributed by atoms with E-state index < -0.39 is 0 Å². The smallest absolute Gasteiger partial charge is 0.168 e. The number of nitrogens with zero attached hydrogens (tertiary/aromatic N) is 5. The van der Waals surface area contributed by atoms with Crippen molar-refractivity contribution in [1.29, 1.82) is 5.26 Å². The molecule has 2 rings (SSSR count). The fraction of sp³-hybridized carbons (Fsp3) is 0.667. The first-order valence-electron chi connectivity index (χ1n) is 3.57. The van der Waals surface area contributed by atoms with Crippen LogP contribution in [-0.4, -0.2) is 20.2 Å². The van der Waals surface area contributed by atoms with Crippen molar-refractivity contribution in [1.82, 2.24) is 20.2 Å². The number of nitriles is 1. The number of tetrazole rings is 1. The molecule has 1 aliphatic rings. The highest BCUT2D eigenvalue weighted by molar-refractivity contribution is 5.08. The molecule has 11 heavy (non-hydrogen) atoms. The van der Waals surface area contributed by atoms with Gasteiger partial charge in [0.1, 0.15) is 5.92 Å². The average Bonchev–Trinajstić information content (AvgIpc) is 2.50. The zero-order chi connectivity index (χ0) is 7.68. The van der Waals surface area contributed by atoms with Gasteiger partial charge in [-0.25, -0.2) is 4.68 Å². The summed E-state index contributed by atoms with van der Waals surface area (Å²) >= 11 is 0. The Morgan fingerprint density at radius 1 is 1.64 bits per heavy atom. The van der Waals surface area contributed by atoms with E-state index in [1.807, 2.05) is 0 Å². The molecule has 1 aromatic heterocycles. The second-order valence-electron chi connectivity index (χ2n) is 2.58. The number of rotatable bonds is 0. The minimum atomic E-state index is -0.0984. The fourth-order valence-electron chi connectivity index (χ4n) is 1.32. The van der Waals surface area contributed by atoms with E-state index in [0.29, 0.717) is 0 Å². The lowest BCUT2D eigenvalue weighted by atomic mass is 10.0. The maximum Gasteiger partial charge on any atom is 0.168 e. The fourth-order valence-corrected chi connectivity index (χ4v) is 1.32. The van der Waals surface area contributed by atoms with Crippen LogP contribution in [0.5, 0.6) is 0 Å². The lowest BCUT2D eigenvalue weighted by Gasteiger charge is -2.14. The summed E-state index contributed by atoms with van der Waals surface area (Å²) in [4.78, 5) is 0. The summed E-state index contributed by atoms with van der Waals surface area (Å²) in [5.41, 5.74) is 0. The van der Waals surface area contributed by atoms with Gasteiger partial charge >= 0.3 is 0 Å². The lowest BCUT2D eigenvalue weighted by molar-refractivity contribution is 0.452. The van der Waals surface area contributed by atoms with Crippen LogP contribution in [0, 0.1) is 11.3 Å². The zero-order valence-electron chi connectivity index (χ0n) is 5.93. The Morgan fingerprint density at radius 2 is 2.55 bits per heavy atom. The van der Waals surface area contributed by atoms with Crippen LogP contribution < -0.4 is 0 Å². The topological polar surface area (TPSA) is 67.4 Å². The summed E-state index contributed by atoms with van der Waals surface area (Å²) in [6, 6.07) is 2.18. The molecule has 0 aliphatic carbocycles. The van der Waals surface area contributed by atoms with Crippen LogP contribution in [0.25, 0.3) is 0 Å². The molecule has 0 spiro atoms. The number of hydrogen-bond donors (Lipinski definition) is 0. The molecule has 1 atom stereocenters. The molecule has 1 aromatic rings. The molecule has 2 heterocycles. The van der Waals surface area contributed by atoms with E-state index in [1.54, 1.807) is 4.68 Å². The average molecular weight is 149 g/mol. The molecule has 56 valence electrons. The van der Waals surface area contributed by atoms with Crippen LogP contribution in [-0.2, 0) is 6.54 Å². The number of hydrogen-bond acceptors (Lipinski definition) is 4. The van der Waals surface area contributed by atoms with E-state index in [-0.39, 0.29) is 5.92 Å². The van der Waals surface area contributed by atoms with Gasteiger partial charge in [0, 0.05) is 6.54 Å². The SMILES string of the molecule is N#CC1CCCn2nnnc21. The highest BCUT2D eigenvalue weighted by atomic mass is 15.5. The predicted octanol–water partition coefficient (Wildman–Crippen LogP) is 0.0741. The lowest BCUT2D eigenvalue weighted by Crippen LogP contribution is -2.15. The van der Waals surface area contributed by atoms with Crippen molar-refractivity contribution < 1.29 is 0 Å². The van der Waals surface area contributed by atoms with Crippen LogP contribution >= 0.6 is 0 Å². The molecule has 0 aromatic carbocycles. The van der Waals surface area contributed by atoms with Crippen molar-refractivity contribution in [3.63, 3.8) is 0 Å². The van der Waals surface area contributed by atoms with Crippen molar-refractivity contribution in [2.24, 2.45) is 0 Å². The van der Waals surface area contributed by atoms with Crippen molar-refractivity contribution in [3.8, 4) is 6.07 Å². The van der Waals surface area contributed by atoms with Gasteiger partial charge < -0.3 is 0 Å². The monoisotopic (exact) mass is 149 g/mol. The van der Waals surface area contributed by atoms with Crippen LogP contribution in [0.3, 0.4) is 0 Å². The van der Waals surface area contributed by atoms with Crippen LogP contribution in [0.1, 0.15) is 24.6 Å². The minimum absolute atomic E-state index is 0.0984. The van der Waals surface area contributed by atoms with Crippen LogP contribution in [0.4, 0.5) is 0 Å². The summed E-state index contributed by atoms with van der Waals surface area (Å²) in [5.74, 6) is 0.623. The van der Waals surface area contributed by atoms with E-state index in [0.717, 1.165) is 25.2 Å². The Hall–Kier alpha value is -1.44. The maximum absolute atomic E-state index is 8.70. The van der Waals surface area contributed by atoms with Gasteiger partial charge in [-0.15, -0.1) is 5.10 Å². The third-order valence-electron chi connectivity index (χ3n) is 1.89. The van der Waals surface area contributed by atoms with Gasteiger partial charge in [0.15, 0.2) is 5.82 Å². The Kier molecular flexibility index (Phi) is 1.32. The molecule has 0 N–H and O–H groups in total. The molecule has 0 saturated heterocycles. The summed E-state index contributed by atoms with van der Waals surface area (Å²) in [6.45, 7) is 0.848.